The average molecular weight is 1720 g/mol. The molecule has 113 heavy (non-hydrogen) atoms. The molecule has 0 aromatic heterocycles. The van der Waals surface area contributed by atoms with Gasteiger partial charge in [-0.05, 0) is 120 Å². The number of carboxylic acid groups (broad SMARTS) is 4. The van der Waals surface area contributed by atoms with Crippen LogP contribution in [0.25, 0.3) is 0 Å². The van der Waals surface area contributed by atoms with Crippen LogP contribution in [0.4, 0.5) is 28.4 Å². The molecule has 0 bridgehead atoms. The van der Waals surface area contributed by atoms with Crippen molar-refractivity contribution in [2.75, 3.05) is 34.9 Å². The molecular weight excluding hydrogens is 1630 g/mol. The minimum Gasteiger partial charge on any atom is -0.549 e. The van der Waals surface area contributed by atoms with Crippen molar-refractivity contribution in [3.05, 3.63) is 216 Å². The normalized spacial score (nSPS) is 10.9. The number of benzene rings is 6. The summed E-state index contributed by atoms with van der Waals surface area (Å²) in [4.78, 5) is 115. The molecule has 2 N–H and O–H groups in total. The van der Waals surface area contributed by atoms with Crippen molar-refractivity contribution in [1.82, 2.24) is 0 Å². The summed E-state index contributed by atoms with van der Waals surface area (Å²) in [6.07, 6.45) is 0. The Bertz CT molecular complexity index is 4380. The molecule has 0 aliphatic rings. The first-order valence-corrected chi connectivity index (χ1v) is 39.7. The number of nitro benzene ring substituents is 4. The van der Waals surface area contributed by atoms with E-state index in [2.05, 4.69) is 23.9 Å². The van der Waals surface area contributed by atoms with Crippen molar-refractivity contribution >= 4 is 117 Å². The number of hydrogen-bond donors (Lipinski definition) is 2. The molecule has 0 fully saturated rings. The summed E-state index contributed by atoms with van der Waals surface area (Å²) in [5.41, 5.74) is 5.28. The second kappa shape index (κ2) is 54.2. The summed E-state index contributed by atoms with van der Waals surface area (Å²) < 4.78 is 70.9. The number of nitro groups is 5. The Balaban J connectivity index is -0.000000611. The third-order valence-electron chi connectivity index (χ3n) is 14.8. The van der Waals surface area contributed by atoms with Crippen LogP contribution in [0.15, 0.2) is 136 Å². The maximum Gasteiger partial charge on any atom is 1.00 e. The summed E-state index contributed by atoms with van der Waals surface area (Å²) in [5, 5.41) is 95.3. The number of esters is 1. The summed E-state index contributed by atoms with van der Waals surface area (Å²) in [6, 6.07) is 32.4. The number of aliphatic carboxylic acids is 4. The molecule has 1 amide bonds. The number of hydrogen-bond acceptors (Lipinski definition) is 27. The fraction of sp³-hybridized carbons (Fsp3) is 0.417. The number of rotatable bonds is 28. The standard InChI is InChI=1S/C12H15NO3S.C11H13ClO4S.C11H14O4S.2C10H12N2O4.C10H13NO2.C8H14O6S.K.2Na/c1-8(2)12(16)13-9-3-5-10(6-4-9)17-7-11(14)15;1-7(2)8-3-5-9(6-4-8)17(15,16)10(12)11(13)14;1-8(2)9-3-5-10(6-4-9)16(14,15)7-11(12)13;2*1-6(2)8-4-9(11(13)14)7(3)10(5-8)12(15)16;1-8(2)10-5-3-9(4-6-10)7-11(12)13;1-6(2)8(11)14-3-4-15(12,13)5-7(9)10;;;/h3-6,8H,7H2,1-2H3,(H,13,16)(H,14,15);3-7,10H,1-2H3,(H,13,14);3-6,8H,7H2,1-2H3,(H,12,13);2*4-6H,1-3H3;3-6,8H,7H2,1-2H3;6H,3-5H2,1-2H3,(H,9,10);;;/q;;;;;;;3*+1/p-3. The summed E-state index contributed by atoms with van der Waals surface area (Å²) in [6.45, 7) is 28.7. The number of thioether (sulfide) groups is 1. The van der Waals surface area contributed by atoms with Gasteiger partial charge in [0.2, 0.25) is 22.3 Å². The van der Waals surface area contributed by atoms with Crippen LogP contribution in [0.2, 0.25) is 0 Å². The van der Waals surface area contributed by atoms with Gasteiger partial charge in [-0.1, -0.05) is 157 Å². The van der Waals surface area contributed by atoms with E-state index in [1.807, 2.05) is 93.5 Å². The quantitative estimate of drug-likeness (QED) is 0.0175. The van der Waals surface area contributed by atoms with Crippen molar-refractivity contribution in [1.29, 1.82) is 0 Å². The fourth-order valence-corrected chi connectivity index (χ4v) is 12.1. The van der Waals surface area contributed by atoms with Gasteiger partial charge in [-0.15, -0.1) is 11.8 Å². The van der Waals surface area contributed by atoms with Crippen molar-refractivity contribution in [3.8, 4) is 0 Å². The number of carbonyl (C=O) groups excluding carboxylic acids is 5. The van der Waals surface area contributed by atoms with Crippen LogP contribution in [-0.4, -0.2) is 125 Å². The number of alkyl halides is 1. The molecule has 33 nitrogen and oxygen atoms in total. The van der Waals surface area contributed by atoms with E-state index < -0.39 is 101 Å². The van der Waals surface area contributed by atoms with Crippen LogP contribution in [-0.2, 0) is 69.6 Å². The largest absolute Gasteiger partial charge is 1.00 e. The van der Waals surface area contributed by atoms with Crippen molar-refractivity contribution < 1.29 is 214 Å². The molecule has 0 spiro atoms. The van der Waals surface area contributed by atoms with E-state index in [0.717, 1.165) is 27.3 Å². The third-order valence-corrected chi connectivity index (χ3v) is 21.4. The number of ether oxygens (including phenoxy) is 1. The summed E-state index contributed by atoms with van der Waals surface area (Å²) >= 11 is 6.54. The van der Waals surface area contributed by atoms with Crippen molar-refractivity contribution in [3.63, 3.8) is 0 Å². The van der Waals surface area contributed by atoms with Crippen LogP contribution >= 0.6 is 23.4 Å². The molecule has 6 aromatic rings. The van der Waals surface area contributed by atoms with Gasteiger partial charge in [-0.25, -0.2) is 25.3 Å². The predicted molar refractivity (Wildman–Crippen MR) is 406 cm³/mol. The van der Waals surface area contributed by atoms with Gasteiger partial charge in [0.15, 0.2) is 24.4 Å². The van der Waals surface area contributed by atoms with Gasteiger partial charge in [0.05, 0.1) is 76.3 Å². The topological polar surface area (TPSA) is 531 Å². The molecule has 0 saturated carbocycles. The number of anilines is 1. The smallest absolute Gasteiger partial charge is 0.549 e. The molecule has 0 aliphatic heterocycles. The zero-order valence-corrected chi connectivity index (χ0v) is 77.4. The summed E-state index contributed by atoms with van der Waals surface area (Å²) in [7, 11) is -11.6. The first-order valence-electron chi connectivity index (χ1n) is 33.2. The average Bonchev–Trinajstić information content (AvgIpc) is 0.843. The Hall–Kier alpha value is -6.73. The molecular formula is C72H90ClKN6Na2O27S4. The minimum atomic E-state index is -4.08. The van der Waals surface area contributed by atoms with E-state index in [9.17, 15) is 120 Å². The molecule has 1 unspecified atom stereocenters. The Morgan fingerprint density at radius 2 is 0.832 bits per heavy atom. The van der Waals surface area contributed by atoms with E-state index in [4.69, 9.17) is 16.7 Å². The van der Waals surface area contributed by atoms with Crippen LogP contribution in [0.3, 0.4) is 0 Å². The maximum absolute atomic E-state index is 11.7. The van der Waals surface area contributed by atoms with Crippen LogP contribution in [0.5, 0.6) is 0 Å². The van der Waals surface area contributed by atoms with Gasteiger partial charge >= 0.3 is 122 Å². The number of carbonyl (C=O) groups is 6. The van der Waals surface area contributed by atoms with E-state index in [1.54, 1.807) is 62.4 Å². The zero-order valence-electron chi connectivity index (χ0n) is 66.2. The number of sulfone groups is 3. The molecule has 6 rings (SSSR count). The zero-order chi connectivity index (χ0) is 85.2. The summed E-state index contributed by atoms with van der Waals surface area (Å²) in [5.74, 6) is -8.28. The van der Waals surface area contributed by atoms with E-state index in [0.29, 0.717) is 23.0 Å². The Kier molecular flexibility index (Phi) is 54.0. The molecule has 1 atom stereocenters. The van der Waals surface area contributed by atoms with Crippen LogP contribution in [0.1, 0.15) is 171 Å². The van der Waals surface area contributed by atoms with Gasteiger partial charge in [0.25, 0.3) is 22.7 Å². The Morgan fingerprint density at radius 3 is 1.12 bits per heavy atom. The molecule has 0 saturated heterocycles. The first-order chi connectivity index (χ1) is 50.6. The van der Waals surface area contributed by atoms with E-state index in [1.165, 1.54) is 79.7 Å². The molecule has 0 heterocycles. The second-order valence-electron chi connectivity index (χ2n) is 26.0. The van der Waals surface area contributed by atoms with E-state index in [-0.39, 0.29) is 213 Å². The van der Waals surface area contributed by atoms with Gasteiger partial charge in [0, 0.05) is 51.3 Å². The molecule has 6 aromatic carbocycles. The Morgan fingerprint density at radius 1 is 0.496 bits per heavy atom. The maximum atomic E-state index is 11.7. The molecule has 41 heteroatoms. The molecule has 0 aliphatic carbocycles. The number of nitrogens with zero attached hydrogens (tertiary/aromatic N) is 5. The predicted octanol–water partition coefficient (Wildman–Crippen LogP) is 1.51. The van der Waals surface area contributed by atoms with Crippen LogP contribution in [0, 0.1) is 76.3 Å². The Labute approximate surface area is 752 Å². The van der Waals surface area contributed by atoms with Crippen molar-refractivity contribution in [2.24, 2.45) is 11.8 Å². The number of carboxylic acids is 4. The second-order valence-corrected chi connectivity index (χ2v) is 33.9. The number of nitrogens with one attached hydrogen (secondary N) is 1. The van der Waals surface area contributed by atoms with Crippen LogP contribution < -0.4 is 131 Å². The van der Waals surface area contributed by atoms with Gasteiger partial charge in [0.1, 0.15) is 17.7 Å². The fourth-order valence-electron chi connectivity index (χ4n) is 8.33. The number of amides is 1. The minimum absolute atomic E-state index is 0. The monoisotopic (exact) mass is 1720 g/mol. The van der Waals surface area contributed by atoms with Gasteiger partial charge in [-0.3, -0.25) is 65.0 Å². The first kappa shape index (κ1) is 113. The van der Waals surface area contributed by atoms with E-state index >= 15 is 0 Å². The third kappa shape index (κ3) is 43.2. The van der Waals surface area contributed by atoms with Gasteiger partial charge in [-0.2, -0.15) is 0 Å². The number of halogens is 1. The molecule has 0 radical (unpaired) electrons. The van der Waals surface area contributed by atoms with Gasteiger partial charge < -0.3 is 44.9 Å². The van der Waals surface area contributed by atoms with Crippen molar-refractivity contribution in [2.45, 2.75) is 166 Å². The SMILES string of the molecule is CC(C)C(=O)Nc1ccc(SCC(=O)O)cc1.CC(C)C(=O)OCCS(=O)(=O)CC(=O)[O-].CC(C)c1ccc(C[N+](=O)[O-])cc1.CC(C)c1ccc(S(=O)(=O)C(Cl)C(=O)[O-])cc1.CC(C)c1ccc(S(=O)(=O)CC(=O)[O-])cc1.Cc1c([N+](=O)[O-])cc(C(C)C)cc1[N+](=O)[O-].Cc1c([N+](=O)[O-])cc(C(C)C)cc1[N+](=O)[O-].[K+].[Na+].[Na+]. The molecule has 604 valence electrons.